The van der Waals surface area contributed by atoms with Gasteiger partial charge in [0.25, 0.3) is 5.56 Å². The molecule has 1 atom stereocenters. The number of aliphatic hydroxyl groups is 1. The quantitative estimate of drug-likeness (QED) is 0.478. The maximum absolute atomic E-state index is 13.9. The fourth-order valence-electron chi connectivity index (χ4n) is 3.31. The van der Waals surface area contributed by atoms with Crippen molar-refractivity contribution in [2.75, 3.05) is 11.9 Å². The third-order valence-corrected chi connectivity index (χ3v) is 5.26. The number of benzene rings is 1. The van der Waals surface area contributed by atoms with Crippen LogP contribution >= 0.6 is 11.6 Å². The number of hydrogen-bond acceptors (Lipinski definition) is 5. The van der Waals surface area contributed by atoms with Gasteiger partial charge >= 0.3 is 0 Å². The van der Waals surface area contributed by atoms with Crippen LogP contribution in [-0.2, 0) is 7.05 Å². The van der Waals surface area contributed by atoms with Gasteiger partial charge in [-0.3, -0.25) is 9.48 Å². The fourth-order valence-corrected chi connectivity index (χ4v) is 3.42. The Morgan fingerprint density at radius 3 is 2.61 bits per heavy atom. The molecule has 0 spiro atoms. The van der Waals surface area contributed by atoms with Gasteiger partial charge in [-0.05, 0) is 47.0 Å². The van der Waals surface area contributed by atoms with Crippen molar-refractivity contribution in [1.29, 1.82) is 0 Å². The number of aromatic nitrogens is 4. The molecule has 31 heavy (non-hydrogen) atoms. The van der Waals surface area contributed by atoms with Crippen molar-refractivity contribution in [2.45, 2.75) is 6.04 Å². The molecule has 2 N–H and O–H groups in total. The van der Waals surface area contributed by atoms with Gasteiger partial charge in [0.15, 0.2) is 0 Å². The normalized spacial score (nSPS) is 12.0. The topological polar surface area (TPSA) is 85.0 Å². The molecular weight excluding hydrogens is 421 g/mol. The summed E-state index contributed by atoms with van der Waals surface area (Å²) in [6.07, 6.45) is 4.91. The molecule has 0 saturated carbocycles. The molecule has 158 valence electrons. The van der Waals surface area contributed by atoms with Crippen LogP contribution in [0.1, 0.15) is 11.6 Å². The van der Waals surface area contributed by atoms with E-state index in [2.05, 4.69) is 15.4 Å². The van der Waals surface area contributed by atoms with Gasteiger partial charge in [-0.1, -0.05) is 17.7 Å². The monoisotopic (exact) mass is 439 g/mol. The molecule has 0 aliphatic rings. The Morgan fingerprint density at radius 2 is 1.94 bits per heavy atom. The summed E-state index contributed by atoms with van der Waals surface area (Å²) in [7, 11) is 1.82. The Bertz CT molecular complexity index is 1290. The number of aryl methyl sites for hydroxylation is 1. The first-order chi connectivity index (χ1) is 15.0. The van der Waals surface area contributed by atoms with Crippen LogP contribution in [0.4, 0.5) is 16.0 Å². The second kappa shape index (κ2) is 8.71. The first-order valence-electron chi connectivity index (χ1n) is 9.45. The van der Waals surface area contributed by atoms with E-state index in [-0.39, 0.29) is 17.2 Å². The Hall–Kier alpha value is -3.49. The molecule has 4 aromatic rings. The fraction of sp³-hybridized carbons (Fsp3) is 0.136. The minimum atomic E-state index is -0.729. The lowest BCUT2D eigenvalue weighted by molar-refractivity contribution is 0.247. The van der Waals surface area contributed by atoms with Crippen LogP contribution in [0.2, 0.25) is 5.02 Å². The first kappa shape index (κ1) is 20.8. The molecule has 0 saturated heterocycles. The molecule has 0 unspecified atom stereocenters. The summed E-state index contributed by atoms with van der Waals surface area (Å²) in [5.74, 6) is 0.781. The van der Waals surface area contributed by atoms with Crippen LogP contribution in [0, 0.1) is 5.82 Å². The number of anilines is 2. The third kappa shape index (κ3) is 4.35. The summed E-state index contributed by atoms with van der Waals surface area (Å²) in [5.41, 5.74) is 1.60. The van der Waals surface area contributed by atoms with Crippen molar-refractivity contribution in [3.8, 4) is 11.1 Å². The van der Waals surface area contributed by atoms with Gasteiger partial charge in [0.05, 0.1) is 23.9 Å². The van der Waals surface area contributed by atoms with E-state index in [1.807, 2.05) is 19.2 Å². The van der Waals surface area contributed by atoms with Gasteiger partial charge < -0.3 is 15.0 Å². The molecule has 0 bridgehead atoms. The minimum Gasteiger partial charge on any atom is -0.394 e. The molecule has 0 fully saturated rings. The first-order valence-corrected chi connectivity index (χ1v) is 9.83. The number of nitrogens with zero attached hydrogens (tertiary/aromatic N) is 4. The lowest BCUT2D eigenvalue weighted by atomic mass is 10.1. The largest absolute Gasteiger partial charge is 0.394 e. The van der Waals surface area contributed by atoms with E-state index >= 15 is 0 Å². The Morgan fingerprint density at radius 1 is 1.13 bits per heavy atom. The van der Waals surface area contributed by atoms with Crippen molar-refractivity contribution in [3.63, 3.8) is 0 Å². The van der Waals surface area contributed by atoms with Crippen molar-refractivity contribution in [3.05, 3.63) is 93.9 Å². The zero-order valence-electron chi connectivity index (χ0n) is 16.5. The lowest BCUT2D eigenvalue weighted by Crippen LogP contribution is -2.26. The van der Waals surface area contributed by atoms with Gasteiger partial charge in [0.2, 0.25) is 0 Å². The molecule has 0 aliphatic heterocycles. The molecule has 3 heterocycles. The summed E-state index contributed by atoms with van der Waals surface area (Å²) in [6, 6.07) is 12.2. The predicted molar refractivity (Wildman–Crippen MR) is 117 cm³/mol. The highest BCUT2D eigenvalue weighted by Crippen LogP contribution is 2.25. The average molecular weight is 440 g/mol. The smallest absolute Gasteiger partial charge is 0.251 e. The van der Waals surface area contributed by atoms with Gasteiger partial charge in [0.1, 0.15) is 17.5 Å². The summed E-state index contributed by atoms with van der Waals surface area (Å²) in [6.45, 7) is -0.367. The molecule has 7 nitrogen and oxygen atoms in total. The van der Waals surface area contributed by atoms with E-state index in [1.165, 1.54) is 22.8 Å². The molecule has 0 amide bonds. The van der Waals surface area contributed by atoms with E-state index in [1.54, 1.807) is 41.5 Å². The molecule has 3 aromatic heterocycles. The van der Waals surface area contributed by atoms with Crippen LogP contribution in [0.15, 0.2) is 71.9 Å². The van der Waals surface area contributed by atoms with Crippen LogP contribution in [0.25, 0.3) is 11.1 Å². The van der Waals surface area contributed by atoms with E-state index in [0.717, 1.165) is 11.4 Å². The maximum Gasteiger partial charge on any atom is 0.251 e. The van der Waals surface area contributed by atoms with Crippen LogP contribution < -0.4 is 10.9 Å². The summed E-state index contributed by atoms with van der Waals surface area (Å²) < 4.78 is 16.9. The Kier molecular flexibility index (Phi) is 5.83. The predicted octanol–water partition coefficient (Wildman–Crippen LogP) is 3.76. The molecule has 0 aliphatic carbocycles. The second-order valence-corrected chi connectivity index (χ2v) is 7.33. The summed E-state index contributed by atoms with van der Waals surface area (Å²) in [4.78, 5) is 17.1. The number of halogens is 2. The zero-order valence-corrected chi connectivity index (χ0v) is 17.3. The lowest BCUT2D eigenvalue weighted by Gasteiger charge is -2.19. The molecule has 1 aromatic carbocycles. The minimum absolute atomic E-state index is 0.0173. The highest BCUT2D eigenvalue weighted by atomic mass is 35.5. The van der Waals surface area contributed by atoms with Crippen molar-refractivity contribution in [1.82, 2.24) is 19.3 Å². The van der Waals surface area contributed by atoms with Crippen LogP contribution in [0.3, 0.4) is 0 Å². The number of rotatable bonds is 6. The van der Waals surface area contributed by atoms with Crippen molar-refractivity contribution < 1.29 is 9.50 Å². The van der Waals surface area contributed by atoms with Gasteiger partial charge in [0, 0.05) is 31.6 Å². The number of hydrogen-bond donors (Lipinski definition) is 2. The highest BCUT2D eigenvalue weighted by molar-refractivity contribution is 6.30. The third-order valence-electron chi connectivity index (χ3n) is 4.96. The average Bonchev–Trinajstić information content (AvgIpc) is 3.16. The molecule has 0 radical (unpaired) electrons. The van der Waals surface area contributed by atoms with E-state index in [9.17, 15) is 14.3 Å². The van der Waals surface area contributed by atoms with E-state index < -0.39 is 11.9 Å². The number of aliphatic hydroxyl groups excluding tert-OH is 1. The number of nitrogens with one attached hydrogen (secondary N) is 1. The molecule has 4 rings (SSSR count). The molecule has 9 heteroatoms. The van der Waals surface area contributed by atoms with Crippen LogP contribution in [-0.4, -0.2) is 31.0 Å². The molecular formula is C22H19ClFN5O2. The highest BCUT2D eigenvalue weighted by Gasteiger charge is 2.16. The van der Waals surface area contributed by atoms with Gasteiger partial charge in [-0.15, -0.1) is 0 Å². The Balaban J connectivity index is 1.64. The van der Waals surface area contributed by atoms with Crippen LogP contribution in [0.5, 0.6) is 0 Å². The van der Waals surface area contributed by atoms with E-state index in [4.69, 9.17) is 11.6 Å². The van der Waals surface area contributed by atoms with Crippen molar-refractivity contribution in [2.24, 2.45) is 7.05 Å². The van der Waals surface area contributed by atoms with Gasteiger partial charge in [-0.2, -0.15) is 5.10 Å². The van der Waals surface area contributed by atoms with Gasteiger partial charge in [-0.25, -0.2) is 9.37 Å². The second-order valence-electron chi connectivity index (χ2n) is 6.93. The summed E-state index contributed by atoms with van der Waals surface area (Å²) >= 11 is 5.74. The standard InChI is InChI=1S/C22H19ClFN5O2/c1-28-21(5-8-26-28)27-20-11-14(4-7-25-20)15-6-9-29(22(31)12-15)19(13-30)16-2-3-17(23)18(24)10-16/h2-12,19,30H,13H2,1H3,(H,25,27)/t19-/m1/s1. The maximum atomic E-state index is 13.9. The van der Waals surface area contributed by atoms with Crippen molar-refractivity contribution >= 4 is 23.2 Å². The van der Waals surface area contributed by atoms with E-state index in [0.29, 0.717) is 16.9 Å². The Labute approximate surface area is 182 Å². The zero-order chi connectivity index (χ0) is 22.0. The summed E-state index contributed by atoms with van der Waals surface area (Å²) in [5, 5.41) is 17.1. The SMILES string of the molecule is Cn1nccc1Nc1cc(-c2ccn([C@H](CO)c3ccc(Cl)c(F)c3)c(=O)c2)ccn1. The number of pyridine rings is 2.